The molecule has 0 atom stereocenters. The molecule has 0 spiro atoms. The predicted molar refractivity (Wildman–Crippen MR) is 73.3 cm³/mol. The number of nitrogens with zero attached hydrogens (tertiary/aromatic N) is 2. The SMILES string of the molecule is Cc1nsc(SCCCC(=O)c2cccs2)n1. The zero-order valence-electron chi connectivity index (χ0n) is 9.38. The maximum absolute atomic E-state index is 11.7. The van der Waals surface area contributed by atoms with Crippen molar-refractivity contribution in [3.63, 3.8) is 0 Å². The van der Waals surface area contributed by atoms with Gasteiger partial charge in [0.15, 0.2) is 10.1 Å². The van der Waals surface area contributed by atoms with Crippen LogP contribution in [-0.2, 0) is 0 Å². The smallest absolute Gasteiger partial charge is 0.172 e. The van der Waals surface area contributed by atoms with Crippen molar-refractivity contribution in [2.24, 2.45) is 0 Å². The van der Waals surface area contributed by atoms with Gasteiger partial charge < -0.3 is 0 Å². The van der Waals surface area contributed by atoms with Gasteiger partial charge in [-0.15, -0.1) is 11.3 Å². The van der Waals surface area contributed by atoms with E-state index in [-0.39, 0.29) is 5.78 Å². The van der Waals surface area contributed by atoms with Gasteiger partial charge in [-0.3, -0.25) is 4.79 Å². The van der Waals surface area contributed by atoms with Crippen molar-refractivity contribution in [1.82, 2.24) is 9.36 Å². The Kier molecular flexibility index (Phi) is 4.70. The van der Waals surface area contributed by atoms with Crippen molar-refractivity contribution in [3.05, 3.63) is 28.2 Å². The van der Waals surface area contributed by atoms with E-state index in [4.69, 9.17) is 0 Å². The Balaban J connectivity index is 1.68. The van der Waals surface area contributed by atoms with Crippen molar-refractivity contribution < 1.29 is 4.79 Å². The lowest BCUT2D eigenvalue weighted by molar-refractivity contribution is 0.0986. The van der Waals surface area contributed by atoms with Gasteiger partial charge in [-0.1, -0.05) is 17.8 Å². The number of thioether (sulfide) groups is 1. The molecule has 0 aliphatic rings. The molecule has 17 heavy (non-hydrogen) atoms. The Hall–Kier alpha value is -0.720. The van der Waals surface area contributed by atoms with Crippen LogP contribution in [0.5, 0.6) is 0 Å². The lowest BCUT2D eigenvalue weighted by atomic mass is 10.2. The summed E-state index contributed by atoms with van der Waals surface area (Å²) in [6.45, 7) is 1.89. The molecule has 2 rings (SSSR count). The van der Waals surface area contributed by atoms with Gasteiger partial charge in [0.2, 0.25) is 0 Å². The van der Waals surface area contributed by atoms with Crippen LogP contribution in [0.2, 0.25) is 0 Å². The molecule has 90 valence electrons. The first-order valence-corrected chi connectivity index (χ1v) is 7.89. The van der Waals surface area contributed by atoms with Crippen LogP contribution in [0.4, 0.5) is 0 Å². The third kappa shape index (κ3) is 3.90. The van der Waals surface area contributed by atoms with E-state index in [1.165, 1.54) is 22.9 Å². The molecule has 0 N–H and O–H groups in total. The Morgan fingerprint density at radius 2 is 2.41 bits per heavy atom. The molecule has 0 radical (unpaired) electrons. The third-order valence-corrected chi connectivity index (χ3v) is 5.00. The van der Waals surface area contributed by atoms with E-state index < -0.39 is 0 Å². The van der Waals surface area contributed by atoms with Crippen molar-refractivity contribution in [1.29, 1.82) is 0 Å². The van der Waals surface area contributed by atoms with Gasteiger partial charge in [-0.25, -0.2) is 4.98 Å². The molecule has 0 aromatic carbocycles. The zero-order valence-corrected chi connectivity index (χ0v) is 11.8. The predicted octanol–water partition coefficient (Wildman–Crippen LogP) is 3.66. The number of rotatable bonds is 6. The van der Waals surface area contributed by atoms with Crippen LogP contribution in [0.1, 0.15) is 28.3 Å². The summed E-state index contributed by atoms with van der Waals surface area (Å²) >= 11 is 4.61. The van der Waals surface area contributed by atoms with Gasteiger partial charge >= 0.3 is 0 Å². The van der Waals surface area contributed by atoms with Gasteiger partial charge in [0.1, 0.15) is 5.82 Å². The second kappa shape index (κ2) is 6.28. The summed E-state index contributed by atoms with van der Waals surface area (Å²) in [5.74, 6) is 1.99. The second-order valence-electron chi connectivity index (χ2n) is 3.46. The van der Waals surface area contributed by atoms with Crippen molar-refractivity contribution >= 4 is 40.4 Å². The molecule has 0 aliphatic heterocycles. The summed E-state index contributed by atoms with van der Waals surface area (Å²) in [5.41, 5.74) is 0. The molecular formula is C11H12N2OS3. The Morgan fingerprint density at radius 3 is 3.06 bits per heavy atom. The molecule has 0 fully saturated rings. The lowest BCUT2D eigenvalue weighted by Gasteiger charge is -1.97. The van der Waals surface area contributed by atoms with E-state index >= 15 is 0 Å². The number of aryl methyl sites for hydroxylation is 1. The van der Waals surface area contributed by atoms with Gasteiger partial charge in [0.25, 0.3) is 0 Å². The molecule has 0 saturated heterocycles. The quantitative estimate of drug-likeness (QED) is 0.461. The summed E-state index contributed by atoms with van der Waals surface area (Å²) in [7, 11) is 0. The molecule has 6 heteroatoms. The highest BCUT2D eigenvalue weighted by Crippen LogP contribution is 2.21. The molecular weight excluding hydrogens is 272 g/mol. The number of thiophene rings is 1. The minimum atomic E-state index is 0.244. The van der Waals surface area contributed by atoms with Crippen molar-refractivity contribution in [2.45, 2.75) is 24.1 Å². The van der Waals surface area contributed by atoms with E-state index in [2.05, 4.69) is 9.36 Å². The number of ketones is 1. The fourth-order valence-electron chi connectivity index (χ4n) is 1.29. The van der Waals surface area contributed by atoms with Crippen LogP contribution in [0.3, 0.4) is 0 Å². The molecule has 3 nitrogen and oxygen atoms in total. The van der Waals surface area contributed by atoms with Gasteiger partial charge in [0, 0.05) is 12.2 Å². The number of hydrogen-bond donors (Lipinski definition) is 0. The van der Waals surface area contributed by atoms with E-state index in [9.17, 15) is 4.79 Å². The molecule has 0 aliphatic carbocycles. The minimum Gasteiger partial charge on any atom is -0.293 e. The van der Waals surface area contributed by atoms with Crippen LogP contribution in [0.15, 0.2) is 21.9 Å². The lowest BCUT2D eigenvalue weighted by Crippen LogP contribution is -1.96. The first-order valence-electron chi connectivity index (χ1n) is 5.25. The van der Waals surface area contributed by atoms with Crippen LogP contribution < -0.4 is 0 Å². The highest BCUT2D eigenvalue weighted by Gasteiger charge is 2.07. The summed E-state index contributed by atoms with van der Waals surface area (Å²) in [5, 5.41) is 1.94. The molecule has 0 bridgehead atoms. The fraction of sp³-hybridized carbons (Fsp3) is 0.364. The number of hydrogen-bond acceptors (Lipinski definition) is 6. The average molecular weight is 284 g/mol. The van der Waals surface area contributed by atoms with Crippen LogP contribution in [-0.4, -0.2) is 20.9 Å². The van der Waals surface area contributed by atoms with Gasteiger partial charge in [-0.2, -0.15) is 4.37 Å². The van der Waals surface area contributed by atoms with Gasteiger partial charge in [-0.05, 0) is 36.3 Å². The minimum absolute atomic E-state index is 0.244. The van der Waals surface area contributed by atoms with E-state index in [1.807, 2.05) is 24.4 Å². The topological polar surface area (TPSA) is 42.9 Å². The number of aromatic nitrogens is 2. The fourth-order valence-corrected chi connectivity index (χ4v) is 3.64. The van der Waals surface area contributed by atoms with Crippen LogP contribution in [0.25, 0.3) is 0 Å². The summed E-state index contributed by atoms with van der Waals surface area (Å²) in [4.78, 5) is 16.8. The molecule has 0 saturated carbocycles. The number of Topliss-reactive ketones (excluding diaryl/α,β-unsaturated/α-hetero) is 1. The summed E-state index contributed by atoms with van der Waals surface area (Å²) < 4.78 is 5.11. The van der Waals surface area contributed by atoms with E-state index in [1.54, 1.807) is 11.8 Å². The highest BCUT2D eigenvalue weighted by molar-refractivity contribution is 8.00. The molecule has 2 heterocycles. The van der Waals surface area contributed by atoms with Gasteiger partial charge in [0.05, 0.1) is 4.88 Å². The largest absolute Gasteiger partial charge is 0.293 e. The normalized spacial score (nSPS) is 10.6. The zero-order chi connectivity index (χ0) is 12.1. The summed E-state index contributed by atoms with van der Waals surface area (Å²) in [6, 6.07) is 3.80. The highest BCUT2D eigenvalue weighted by atomic mass is 32.2. The first-order chi connectivity index (χ1) is 8.25. The number of carbonyl (C=O) groups excluding carboxylic acids is 1. The number of carbonyl (C=O) groups is 1. The Bertz CT molecular complexity index is 479. The Morgan fingerprint density at radius 1 is 1.53 bits per heavy atom. The monoisotopic (exact) mass is 284 g/mol. The van der Waals surface area contributed by atoms with Crippen molar-refractivity contribution in [3.8, 4) is 0 Å². The molecule has 2 aromatic rings. The molecule has 0 unspecified atom stereocenters. The van der Waals surface area contributed by atoms with Crippen LogP contribution in [0, 0.1) is 6.92 Å². The second-order valence-corrected chi connectivity index (χ2v) is 6.50. The standard InChI is InChI=1S/C11H12N2OS3/c1-8-12-11(17-13-8)16-7-2-4-9(14)10-5-3-6-15-10/h3,5-6H,2,4,7H2,1H3. The maximum Gasteiger partial charge on any atom is 0.172 e. The average Bonchev–Trinajstić information content (AvgIpc) is 2.95. The van der Waals surface area contributed by atoms with Crippen LogP contribution >= 0.6 is 34.6 Å². The van der Waals surface area contributed by atoms with E-state index in [0.29, 0.717) is 6.42 Å². The Labute approximate surface area is 112 Å². The molecule has 2 aromatic heterocycles. The maximum atomic E-state index is 11.7. The third-order valence-electron chi connectivity index (χ3n) is 2.08. The molecule has 0 amide bonds. The van der Waals surface area contributed by atoms with E-state index in [0.717, 1.165) is 27.2 Å². The first kappa shape index (κ1) is 12.7. The summed E-state index contributed by atoms with van der Waals surface area (Å²) in [6.07, 6.45) is 1.51. The van der Waals surface area contributed by atoms with Crippen molar-refractivity contribution in [2.75, 3.05) is 5.75 Å².